The topological polar surface area (TPSA) is 55.7 Å². The van der Waals surface area contributed by atoms with Gasteiger partial charge in [0.1, 0.15) is 12.4 Å². The predicted octanol–water partition coefficient (Wildman–Crippen LogP) is 1.78. The van der Waals surface area contributed by atoms with E-state index in [1.54, 1.807) is 0 Å². The molecule has 0 bridgehead atoms. The molecule has 0 spiro atoms. The van der Waals surface area contributed by atoms with Gasteiger partial charge in [-0.25, -0.2) is 0 Å². The Labute approximate surface area is 145 Å². The summed E-state index contributed by atoms with van der Waals surface area (Å²) >= 11 is 5.57. The van der Waals surface area contributed by atoms with Crippen molar-refractivity contribution in [3.05, 3.63) is 34.5 Å². The van der Waals surface area contributed by atoms with Gasteiger partial charge in [-0.2, -0.15) is 0 Å². The van der Waals surface area contributed by atoms with Crippen LogP contribution in [0.25, 0.3) is 10.9 Å². The number of para-hydroxylation sites is 1. The fourth-order valence-electron chi connectivity index (χ4n) is 3.17. The Kier molecular flexibility index (Phi) is 4.22. The number of rotatable bonds is 3. The lowest BCUT2D eigenvalue weighted by Crippen LogP contribution is -2.43. The average Bonchev–Trinajstić information content (AvgIpc) is 2.63. The number of nitrogens with one attached hydrogen (secondary N) is 1. The third-order valence-electron chi connectivity index (χ3n) is 4.46. The summed E-state index contributed by atoms with van der Waals surface area (Å²) in [7, 11) is 0. The van der Waals surface area contributed by atoms with Crippen molar-refractivity contribution in [2.45, 2.75) is 6.54 Å². The van der Waals surface area contributed by atoms with Crippen LogP contribution in [0.15, 0.2) is 24.4 Å². The van der Waals surface area contributed by atoms with Crippen LogP contribution in [0.4, 0.5) is 0 Å². The standard InChI is InChI=1S/C17H19N3O3S/c21-17(18-11-19-4-7-22-8-5-19)13-10-20-6-9-23-14-3-1-2-12(15(14)20)16(13)24/h1-3,10H,4-9,11H2,(H,18,21). The Balaban J connectivity index is 1.63. The van der Waals surface area contributed by atoms with Crippen molar-refractivity contribution in [3.8, 4) is 5.75 Å². The van der Waals surface area contributed by atoms with Crippen molar-refractivity contribution in [2.24, 2.45) is 0 Å². The summed E-state index contributed by atoms with van der Waals surface area (Å²) in [4.78, 5) is 14.8. The second kappa shape index (κ2) is 6.51. The summed E-state index contributed by atoms with van der Waals surface area (Å²) in [5, 5.41) is 3.87. The van der Waals surface area contributed by atoms with Gasteiger partial charge < -0.3 is 19.4 Å². The number of benzene rings is 1. The minimum atomic E-state index is -0.131. The van der Waals surface area contributed by atoms with Gasteiger partial charge in [0.2, 0.25) is 0 Å². The van der Waals surface area contributed by atoms with Crippen LogP contribution in [0.1, 0.15) is 10.4 Å². The highest BCUT2D eigenvalue weighted by molar-refractivity contribution is 7.71. The molecule has 0 radical (unpaired) electrons. The number of amides is 1. The Morgan fingerprint density at radius 3 is 2.88 bits per heavy atom. The van der Waals surface area contributed by atoms with Gasteiger partial charge in [0.05, 0.1) is 42.0 Å². The van der Waals surface area contributed by atoms with E-state index in [1.165, 1.54) is 0 Å². The zero-order valence-corrected chi connectivity index (χ0v) is 14.1. The van der Waals surface area contributed by atoms with Gasteiger partial charge in [-0.15, -0.1) is 0 Å². The summed E-state index contributed by atoms with van der Waals surface area (Å²) in [6.45, 7) is 4.91. The molecule has 1 aromatic carbocycles. The maximum atomic E-state index is 12.6. The molecule has 1 aromatic heterocycles. The SMILES string of the molecule is O=C(NCN1CCOCC1)c1cn2c3c(cccc3c1=S)OCC2. The van der Waals surface area contributed by atoms with Crippen molar-refractivity contribution < 1.29 is 14.3 Å². The highest BCUT2D eigenvalue weighted by Gasteiger charge is 2.19. The molecule has 1 saturated heterocycles. The molecule has 0 unspecified atom stereocenters. The molecule has 24 heavy (non-hydrogen) atoms. The normalized spacial score (nSPS) is 17.5. The molecule has 3 heterocycles. The molecule has 0 saturated carbocycles. The lowest BCUT2D eigenvalue weighted by Gasteiger charge is -2.27. The lowest BCUT2D eigenvalue weighted by molar-refractivity contribution is 0.0334. The van der Waals surface area contributed by atoms with Gasteiger partial charge in [-0.3, -0.25) is 9.69 Å². The van der Waals surface area contributed by atoms with E-state index in [0.717, 1.165) is 29.7 Å². The summed E-state index contributed by atoms with van der Waals surface area (Å²) < 4.78 is 13.7. The van der Waals surface area contributed by atoms with Crippen LogP contribution in [0, 0.1) is 4.51 Å². The average molecular weight is 345 g/mol. The molecule has 2 aliphatic rings. The third kappa shape index (κ3) is 2.79. The quantitative estimate of drug-likeness (QED) is 0.860. The Morgan fingerprint density at radius 1 is 1.21 bits per heavy atom. The fraction of sp³-hybridized carbons (Fsp3) is 0.412. The molecule has 4 rings (SSSR count). The van der Waals surface area contributed by atoms with E-state index in [9.17, 15) is 4.79 Å². The van der Waals surface area contributed by atoms with E-state index in [0.29, 0.717) is 43.1 Å². The van der Waals surface area contributed by atoms with Gasteiger partial charge in [0.25, 0.3) is 5.91 Å². The summed E-state index contributed by atoms with van der Waals surface area (Å²) in [5.41, 5.74) is 1.52. The van der Waals surface area contributed by atoms with Crippen LogP contribution in [-0.2, 0) is 11.3 Å². The summed E-state index contributed by atoms with van der Waals surface area (Å²) in [6.07, 6.45) is 1.85. The molecule has 2 aliphatic heterocycles. The van der Waals surface area contributed by atoms with Crippen molar-refractivity contribution in [1.82, 2.24) is 14.8 Å². The van der Waals surface area contributed by atoms with Gasteiger partial charge in [-0.1, -0.05) is 24.4 Å². The molecular weight excluding hydrogens is 326 g/mol. The molecule has 6 nitrogen and oxygen atoms in total. The molecule has 2 aromatic rings. The van der Waals surface area contributed by atoms with E-state index in [-0.39, 0.29) is 5.91 Å². The molecule has 7 heteroatoms. The second-order valence-electron chi connectivity index (χ2n) is 5.96. The Bertz CT molecular complexity index is 843. The van der Waals surface area contributed by atoms with Gasteiger partial charge in [-0.05, 0) is 6.07 Å². The third-order valence-corrected chi connectivity index (χ3v) is 4.90. The van der Waals surface area contributed by atoms with E-state index in [4.69, 9.17) is 21.7 Å². The molecule has 1 amide bonds. The second-order valence-corrected chi connectivity index (χ2v) is 6.37. The fourth-order valence-corrected chi connectivity index (χ4v) is 3.48. The molecule has 0 aliphatic carbocycles. The maximum absolute atomic E-state index is 12.6. The van der Waals surface area contributed by atoms with Crippen LogP contribution in [0.2, 0.25) is 0 Å². The minimum Gasteiger partial charge on any atom is -0.490 e. The Morgan fingerprint density at radius 2 is 2.04 bits per heavy atom. The molecular formula is C17H19N3O3S. The van der Waals surface area contributed by atoms with Crippen LogP contribution < -0.4 is 10.1 Å². The predicted molar refractivity (Wildman–Crippen MR) is 93.0 cm³/mol. The van der Waals surface area contributed by atoms with E-state index < -0.39 is 0 Å². The minimum absolute atomic E-state index is 0.131. The first kappa shape index (κ1) is 15.6. The number of morpholine rings is 1. The number of carbonyl (C=O) groups excluding carboxylic acids is 1. The number of carbonyl (C=O) groups is 1. The lowest BCUT2D eigenvalue weighted by atomic mass is 10.1. The smallest absolute Gasteiger partial charge is 0.255 e. The Hall–Kier alpha value is -1.96. The zero-order valence-electron chi connectivity index (χ0n) is 13.3. The summed E-state index contributed by atoms with van der Waals surface area (Å²) in [6, 6.07) is 5.80. The highest BCUT2D eigenvalue weighted by atomic mass is 32.1. The van der Waals surface area contributed by atoms with Gasteiger partial charge in [0.15, 0.2) is 0 Å². The van der Waals surface area contributed by atoms with Crippen molar-refractivity contribution in [1.29, 1.82) is 0 Å². The molecule has 0 atom stereocenters. The van der Waals surface area contributed by atoms with Crippen LogP contribution in [0.3, 0.4) is 0 Å². The van der Waals surface area contributed by atoms with Crippen LogP contribution in [-0.4, -0.2) is 55.0 Å². The maximum Gasteiger partial charge on any atom is 0.255 e. The number of ether oxygens (including phenoxy) is 2. The number of aromatic nitrogens is 1. The first-order chi connectivity index (χ1) is 11.7. The zero-order chi connectivity index (χ0) is 16.5. The van der Waals surface area contributed by atoms with Crippen LogP contribution >= 0.6 is 12.2 Å². The van der Waals surface area contributed by atoms with E-state index in [2.05, 4.69) is 14.8 Å². The monoisotopic (exact) mass is 345 g/mol. The first-order valence-electron chi connectivity index (χ1n) is 8.11. The highest BCUT2D eigenvalue weighted by Crippen LogP contribution is 2.30. The van der Waals surface area contributed by atoms with Gasteiger partial charge in [0, 0.05) is 24.7 Å². The molecule has 1 N–H and O–H groups in total. The van der Waals surface area contributed by atoms with Gasteiger partial charge >= 0.3 is 0 Å². The van der Waals surface area contributed by atoms with E-state index in [1.807, 2.05) is 24.4 Å². The molecule has 1 fully saturated rings. The largest absolute Gasteiger partial charge is 0.490 e. The number of pyridine rings is 1. The van der Waals surface area contributed by atoms with E-state index >= 15 is 0 Å². The first-order valence-corrected chi connectivity index (χ1v) is 8.52. The number of hydrogen-bond donors (Lipinski definition) is 1. The number of hydrogen-bond acceptors (Lipinski definition) is 5. The van der Waals surface area contributed by atoms with Crippen molar-refractivity contribution in [3.63, 3.8) is 0 Å². The van der Waals surface area contributed by atoms with Crippen molar-refractivity contribution in [2.75, 3.05) is 39.6 Å². The van der Waals surface area contributed by atoms with Crippen LogP contribution in [0.5, 0.6) is 5.75 Å². The van der Waals surface area contributed by atoms with Crippen molar-refractivity contribution >= 4 is 29.0 Å². The summed E-state index contributed by atoms with van der Waals surface area (Å²) in [5.74, 6) is 0.694. The molecule has 126 valence electrons. The number of nitrogens with zero attached hydrogens (tertiary/aromatic N) is 2.